The van der Waals surface area contributed by atoms with Gasteiger partial charge in [0.15, 0.2) is 9.84 Å². The van der Waals surface area contributed by atoms with Gasteiger partial charge in [-0.15, -0.1) is 0 Å². The summed E-state index contributed by atoms with van der Waals surface area (Å²) in [5, 5.41) is 1.01. The van der Waals surface area contributed by atoms with Gasteiger partial charge in [-0.25, -0.2) is 8.42 Å². The second-order valence-corrected chi connectivity index (χ2v) is 7.25. The van der Waals surface area contributed by atoms with E-state index in [0.717, 1.165) is 5.41 Å². The van der Waals surface area contributed by atoms with Gasteiger partial charge in [0, 0.05) is 5.41 Å². The highest BCUT2D eigenvalue weighted by atomic mass is 32.2. The molecule has 16 heavy (non-hydrogen) atoms. The number of hydrogen-bond donors (Lipinski definition) is 0. The minimum atomic E-state index is -2.95. The van der Waals surface area contributed by atoms with Crippen LogP contribution >= 0.6 is 0 Å². The van der Waals surface area contributed by atoms with Crippen molar-refractivity contribution in [3.8, 4) is 0 Å². The predicted octanol–water partition coefficient (Wildman–Crippen LogP) is 3.81. The normalized spacial score (nSPS) is 12.4. The van der Waals surface area contributed by atoms with Crippen LogP contribution in [0.15, 0.2) is 24.1 Å². The molecular formula is C13H26O2S. The first kappa shape index (κ1) is 17.8. The second-order valence-electron chi connectivity index (χ2n) is 5.26. The Labute approximate surface area is 101 Å². The SMILES string of the molecule is C/C=C/C(C)(C)C.C=CS(=O)(=O)CC(C)C. The van der Waals surface area contributed by atoms with Crippen LogP contribution < -0.4 is 0 Å². The Hall–Kier alpha value is -0.570. The molecule has 0 aromatic carbocycles. The van der Waals surface area contributed by atoms with E-state index in [-0.39, 0.29) is 11.7 Å². The molecule has 0 aliphatic heterocycles. The van der Waals surface area contributed by atoms with E-state index >= 15 is 0 Å². The molecule has 3 heteroatoms. The molecule has 0 aromatic rings. The van der Waals surface area contributed by atoms with Gasteiger partial charge < -0.3 is 0 Å². The Morgan fingerprint density at radius 3 is 1.75 bits per heavy atom. The van der Waals surface area contributed by atoms with Gasteiger partial charge >= 0.3 is 0 Å². The average Bonchev–Trinajstić information content (AvgIpc) is 2.00. The van der Waals surface area contributed by atoms with E-state index in [0.29, 0.717) is 5.41 Å². The number of rotatable bonds is 3. The van der Waals surface area contributed by atoms with Gasteiger partial charge in [0.2, 0.25) is 0 Å². The maximum absolute atomic E-state index is 10.7. The van der Waals surface area contributed by atoms with Crippen molar-refractivity contribution in [1.29, 1.82) is 0 Å². The van der Waals surface area contributed by atoms with E-state index < -0.39 is 9.84 Å². The zero-order chi connectivity index (χ0) is 13.4. The average molecular weight is 246 g/mol. The molecule has 0 atom stereocenters. The van der Waals surface area contributed by atoms with Crippen LogP contribution in [0, 0.1) is 11.3 Å². The van der Waals surface area contributed by atoms with Crippen LogP contribution in [0.2, 0.25) is 0 Å². The third kappa shape index (κ3) is 15.9. The lowest BCUT2D eigenvalue weighted by molar-refractivity contribution is 0.543. The summed E-state index contributed by atoms with van der Waals surface area (Å²) in [7, 11) is -2.95. The van der Waals surface area contributed by atoms with Crippen molar-refractivity contribution in [2.24, 2.45) is 11.3 Å². The molecule has 0 unspecified atom stereocenters. The van der Waals surface area contributed by atoms with Gasteiger partial charge in [-0.3, -0.25) is 0 Å². The lowest BCUT2D eigenvalue weighted by atomic mass is 9.97. The third-order valence-corrected chi connectivity index (χ3v) is 3.13. The van der Waals surface area contributed by atoms with E-state index in [1.54, 1.807) is 0 Å². The van der Waals surface area contributed by atoms with Crippen LogP contribution in [0.4, 0.5) is 0 Å². The van der Waals surface area contributed by atoms with E-state index in [9.17, 15) is 8.42 Å². The molecule has 0 saturated heterocycles. The summed E-state index contributed by atoms with van der Waals surface area (Å²) in [6, 6.07) is 0. The number of hydrogen-bond acceptors (Lipinski definition) is 2. The summed E-state index contributed by atoms with van der Waals surface area (Å²) < 4.78 is 21.4. The van der Waals surface area contributed by atoms with Crippen LogP contribution in [0.3, 0.4) is 0 Å². The fourth-order valence-corrected chi connectivity index (χ4v) is 2.10. The third-order valence-electron chi connectivity index (χ3n) is 1.49. The van der Waals surface area contributed by atoms with Crippen molar-refractivity contribution in [1.82, 2.24) is 0 Å². The Bertz CT molecular complexity index is 303. The van der Waals surface area contributed by atoms with E-state index in [4.69, 9.17) is 0 Å². The fourth-order valence-electron chi connectivity index (χ4n) is 1.03. The van der Waals surface area contributed by atoms with Crippen LogP contribution in [-0.4, -0.2) is 14.2 Å². The quantitative estimate of drug-likeness (QED) is 0.710. The molecule has 0 saturated carbocycles. The van der Waals surface area contributed by atoms with E-state index in [1.807, 2.05) is 20.8 Å². The van der Waals surface area contributed by atoms with Crippen LogP contribution in [0.5, 0.6) is 0 Å². The molecule has 0 aromatic heterocycles. The molecule has 0 aliphatic carbocycles. The molecule has 0 radical (unpaired) electrons. The summed E-state index contributed by atoms with van der Waals surface area (Å²) in [5.41, 5.74) is 0.370. The van der Waals surface area contributed by atoms with Gasteiger partial charge in [0.25, 0.3) is 0 Å². The first-order valence-corrected chi connectivity index (χ1v) is 7.24. The van der Waals surface area contributed by atoms with Crippen molar-refractivity contribution in [2.75, 3.05) is 5.75 Å². The lowest BCUT2D eigenvalue weighted by Gasteiger charge is -2.09. The van der Waals surface area contributed by atoms with Gasteiger partial charge in [-0.1, -0.05) is 53.3 Å². The molecule has 0 spiro atoms. The molecular weight excluding hydrogens is 220 g/mol. The van der Waals surface area contributed by atoms with Crippen molar-refractivity contribution in [2.45, 2.75) is 41.5 Å². The Morgan fingerprint density at radius 1 is 1.25 bits per heavy atom. The maximum Gasteiger partial charge on any atom is 0.171 e. The largest absolute Gasteiger partial charge is 0.224 e. The number of sulfone groups is 1. The summed E-state index contributed by atoms with van der Waals surface area (Å²) in [6.45, 7) is 15.5. The topological polar surface area (TPSA) is 34.1 Å². The van der Waals surface area contributed by atoms with Gasteiger partial charge in [-0.05, 0) is 18.3 Å². The smallest absolute Gasteiger partial charge is 0.171 e. The van der Waals surface area contributed by atoms with E-state index in [2.05, 4.69) is 39.5 Å². The zero-order valence-electron chi connectivity index (χ0n) is 11.4. The fraction of sp³-hybridized carbons (Fsp3) is 0.692. The molecule has 0 bridgehead atoms. The summed E-state index contributed by atoms with van der Waals surface area (Å²) >= 11 is 0. The van der Waals surface area contributed by atoms with Gasteiger partial charge in [0.05, 0.1) is 5.75 Å². The van der Waals surface area contributed by atoms with Crippen LogP contribution in [0.25, 0.3) is 0 Å². The molecule has 0 fully saturated rings. The summed E-state index contributed by atoms with van der Waals surface area (Å²) in [4.78, 5) is 0. The minimum Gasteiger partial charge on any atom is -0.224 e. The minimum absolute atomic E-state index is 0.188. The molecule has 0 rings (SSSR count). The molecule has 0 heterocycles. The Kier molecular flexibility index (Phi) is 8.53. The molecule has 0 N–H and O–H groups in total. The zero-order valence-corrected chi connectivity index (χ0v) is 12.3. The van der Waals surface area contributed by atoms with Crippen molar-refractivity contribution in [3.63, 3.8) is 0 Å². The summed E-state index contributed by atoms with van der Waals surface area (Å²) in [6.07, 6.45) is 4.27. The maximum atomic E-state index is 10.7. The highest BCUT2D eigenvalue weighted by Crippen LogP contribution is 2.13. The van der Waals surface area contributed by atoms with Crippen LogP contribution in [0.1, 0.15) is 41.5 Å². The van der Waals surface area contributed by atoms with Crippen molar-refractivity contribution >= 4 is 9.84 Å². The Morgan fingerprint density at radius 2 is 1.69 bits per heavy atom. The summed E-state index contributed by atoms with van der Waals surface area (Å²) in [5.74, 6) is 0.393. The molecule has 2 nitrogen and oxygen atoms in total. The van der Waals surface area contributed by atoms with E-state index in [1.165, 1.54) is 0 Å². The molecule has 0 amide bonds. The van der Waals surface area contributed by atoms with Gasteiger partial charge in [0.1, 0.15) is 0 Å². The molecule has 96 valence electrons. The highest BCUT2D eigenvalue weighted by Gasteiger charge is 2.06. The Balaban J connectivity index is 0. The predicted molar refractivity (Wildman–Crippen MR) is 73.1 cm³/mol. The second kappa shape index (κ2) is 7.66. The first-order valence-electron chi connectivity index (χ1n) is 5.53. The van der Waals surface area contributed by atoms with Crippen molar-refractivity contribution < 1.29 is 8.42 Å². The van der Waals surface area contributed by atoms with Crippen LogP contribution in [-0.2, 0) is 9.84 Å². The standard InChI is InChI=1S/C7H14.C6H12O2S/c1-5-6-7(2,3)4;1-4-9(7,8)5-6(2)3/h5-6H,1-4H3;4,6H,1,5H2,2-3H3/b6-5+;. The first-order chi connectivity index (χ1) is 7.04. The molecule has 0 aliphatic rings. The highest BCUT2D eigenvalue weighted by molar-refractivity contribution is 7.94. The lowest BCUT2D eigenvalue weighted by Crippen LogP contribution is -2.07. The van der Waals surface area contributed by atoms with Gasteiger partial charge in [-0.2, -0.15) is 0 Å². The number of allylic oxidation sites excluding steroid dienone is 2. The van der Waals surface area contributed by atoms with Crippen molar-refractivity contribution in [3.05, 3.63) is 24.1 Å². The monoisotopic (exact) mass is 246 g/mol.